The van der Waals surface area contributed by atoms with Crippen molar-refractivity contribution >= 4 is 16.9 Å². The van der Waals surface area contributed by atoms with Gasteiger partial charge in [0.25, 0.3) is 0 Å². The minimum Gasteiger partial charge on any atom is -0.508 e. The van der Waals surface area contributed by atoms with Crippen molar-refractivity contribution in [3.05, 3.63) is 40.6 Å². The van der Waals surface area contributed by atoms with Gasteiger partial charge in [-0.15, -0.1) is 0 Å². The maximum Gasteiger partial charge on any atom is 0.303 e. The summed E-state index contributed by atoms with van der Waals surface area (Å²) in [6.07, 6.45) is -5.69. The van der Waals surface area contributed by atoms with Crippen LogP contribution in [0.5, 0.6) is 28.7 Å². The molecule has 0 amide bonds. The van der Waals surface area contributed by atoms with E-state index < -0.39 is 71.4 Å². The summed E-state index contributed by atoms with van der Waals surface area (Å²) < 4.78 is 21.7. The van der Waals surface area contributed by atoms with Crippen molar-refractivity contribution in [2.75, 3.05) is 6.61 Å². The first kappa shape index (κ1) is 23.2. The Kier molecular flexibility index (Phi) is 5.96. The number of aliphatic hydroxyl groups is 2. The Balaban J connectivity index is 1.87. The van der Waals surface area contributed by atoms with Crippen LogP contribution in [-0.4, -0.2) is 67.8 Å². The Bertz CT molecular complexity index is 1310. The van der Waals surface area contributed by atoms with E-state index in [0.29, 0.717) is 0 Å². The summed E-state index contributed by atoms with van der Waals surface area (Å²) in [4.78, 5) is 24.7. The van der Waals surface area contributed by atoms with E-state index >= 15 is 0 Å². The number of aromatic hydroxyl groups is 4. The summed E-state index contributed by atoms with van der Waals surface area (Å²) in [6.45, 7) is 0.459. The fourth-order valence-electron chi connectivity index (χ4n) is 3.63. The number of aliphatic hydroxyl groups excluding tert-OH is 2. The van der Waals surface area contributed by atoms with Gasteiger partial charge in [-0.1, -0.05) is 0 Å². The van der Waals surface area contributed by atoms with Gasteiger partial charge in [-0.05, 0) is 18.2 Å². The molecule has 0 unspecified atom stereocenters. The van der Waals surface area contributed by atoms with Crippen molar-refractivity contribution in [2.45, 2.75) is 31.5 Å². The third-order valence-corrected chi connectivity index (χ3v) is 5.16. The molecule has 1 aliphatic heterocycles. The van der Waals surface area contributed by atoms with E-state index in [9.17, 15) is 40.2 Å². The van der Waals surface area contributed by atoms with E-state index in [4.69, 9.17) is 18.6 Å². The monoisotopic (exact) mass is 476 g/mol. The summed E-state index contributed by atoms with van der Waals surface area (Å²) in [6, 6.07) is 5.47. The highest BCUT2D eigenvalue weighted by Crippen LogP contribution is 2.39. The molecule has 3 aromatic rings. The molecule has 1 aromatic heterocycles. The Morgan fingerprint density at radius 3 is 2.44 bits per heavy atom. The van der Waals surface area contributed by atoms with E-state index in [-0.39, 0.29) is 22.3 Å². The van der Waals surface area contributed by atoms with Gasteiger partial charge in [0, 0.05) is 24.6 Å². The topological polar surface area (TPSA) is 196 Å². The van der Waals surface area contributed by atoms with Gasteiger partial charge < -0.3 is 49.3 Å². The number of esters is 1. The van der Waals surface area contributed by atoms with Gasteiger partial charge in [0.1, 0.15) is 28.6 Å². The molecule has 12 nitrogen and oxygen atoms in total. The van der Waals surface area contributed by atoms with Gasteiger partial charge in [0.05, 0.1) is 6.61 Å². The lowest BCUT2D eigenvalue weighted by Gasteiger charge is -2.20. The van der Waals surface area contributed by atoms with Crippen LogP contribution < -0.4 is 10.2 Å². The van der Waals surface area contributed by atoms with Gasteiger partial charge in [-0.3, -0.25) is 9.59 Å². The largest absolute Gasteiger partial charge is 0.508 e. The zero-order valence-corrected chi connectivity index (χ0v) is 17.5. The van der Waals surface area contributed by atoms with E-state index in [1.165, 1.54) is 6.07 Å². The summed E-state index contributed by atoms with van der Waals surface area (Å²) in [5.41, 5.74) is -1.10. The highest BCUT2D eigenvalue weighted by Gasteiger charge is 2.48. The molecular weight excluding hydrogens is 456 g/mol. The predicted octanol–water partition coefficient (Wildman–Crippen LogP) is 0.671. The van der Waals surface area contributed by atoms with Crippen LogP contribution in [0, 0.1) is 0 Å². The number of carbonyl (C=O) groups is 1. The van der Waals surface area contributed by atoms with Crippen molar-refractivity contribution in [1.82, 2.24) is 0 Å². The van der Waals surface area contributed by atoms with Crippen molar-refractivity contribution < 1.29 is 54.1 Å². The van der Waals surface area contributed by atoms with Crippen LogP contribution in [0.25, 0.3) is 22.3 Å². The number of rotatable bonds is 5. The van der Waals surface area contributed by atoms with Gasteiger partial charge >= 0.3 is 5.97 Å². The first-order valence-corrected chi connectivity index (χ1v) is 9.94. The SMILES string of the molecule is CC(=O)O[C@@H]1[C@@H](O)[C@@H](Oc2c(-c3ccc(O)c(O)c3)oc3cc(O)cc(O)c3c2=O)O[C@H]1CO. The van der Waals surface area contributed by atoms with Crippen LogP contribution in [0.3, 0.4) is 0 Å². The van der Waals surface area contributed by atoms with Gasteiger partial charge in [0.2, 0.25) is 17.5 Å². The van der Waals surface area contributed by atoms with Gasteiger partial charge in [-0.25, -0.2) is 0 Å². The summed E-state index contributed by atoms with van der Waals surface area (Å²) in [5.74, 6) is -3.63. The first-order chi connectivity index (χ1) is 16.1. The zero-order valence-electron chi connectivity index (χ0n) is 17.5. The van der Waals surface area contributed by atoms with Crippen LogP contribution in [0.1, 0.15) is 6.92 Å². The predicted molar refractivity (Wildman–Crippen MR) is 113 cm³/mol. The average Bonchev–Trinajstić information content (AvgIpc) is 3.05. The fourth-order valence-corrected chi connectivity index (χ4v) is 3.63. The normalized spacial score (nSPS) is 22.1. The molecule has 0 aliphatic carbocycles. The van der Waals surface area contributed by atoms with E-state index in [1.807, 2.05) is 0 Å². The quantitative estimate of drug-likeness (QED) is 0.223. The third-order valence-electron chi connectivity index (χ3n) is 5.16. The summed E-state index contributed by atoms with van der Waals surface area (Å²) >= 11 is 0. The molecule has 2 heterocycles. The minimum atomic E-state index is -1.62. The van der Waals surface area contributed by atoms with Gasteiger partial charge in [-0.2, -0.15) is 0 Å². The molecule has 0 saturated carbocycles. The number of carbonyl (C=O) groups excluding carboxylic acids is 1. The minimum absolute atomic E-state index is 0.0508. The average molecular weight is 476 g/mol. The van der Waals surface area contributed by atoms with E-state index in [1.54, 1.807) is 0 Å². The molecule has 2 aromatic carbocycles. The lowest BCUT2D eigenvalue weighted by Crippen LogP contribution is -2.39. The molecule has 1 fully saturated rings. The number of phenols is 4. The standard InChI is InChI=1S/C22H20O12/c1-8(24)31-20-15(7-23)33-22(18(20)30)34-21-17(29)16-13(28)5-10(25)6-14(16)32-19(21)9-2-3-11(26)12(27)4-9/h2-6,15,18,20,22-23,25-28,30H,7H2,1H3/t15-,18+,20-,22+/m0/s1. The molecule has 4 atom stereocenters. The second kappa shape index (κ2) is 8.74. The number of phenolic OH excluding ortho intramolecular Hbond substituents is 4. The van der Waals surface area contributed by atoms with Crippen molar-refractivity contribution in [2.24, 2.45) is 0 Å². The molecular formula is C22H20O12. The maximum atomic E-state index is 13.3. The lowest BCUT2D eigenvalue weighted by atomic mass is 10.1. The second-order valence-electron chi connectivity index (χ2n) is 7.54. The van der Waals surface area contributed by atoms with Crippen LogP contribution in [0.15, 0.2) is 39.5 Å². The molecule has 180 valence electrons. The molecule has 1 saturated heterocycles. The fraction of sp³-hybridized carbons (Fsp3) is 0.273. The molecule has 6 N–H and O–H groups in total. The number of benzene rings is 2. The Morgan fingerprint density at radius 2 is 1.79 bits per heavy atom. The first-order valence-electron chi connectivity index (χ1n) is 9.94. The zero-order chi connectivity index (χ0) is 24.7. The van der Waals surface area contributed by atoms with Crippen LogP contribution in [-0.2, 0) is 14.3 Å². The molecule has 0 spiro atoms. The molecule has 4 rings (SSSR count). The van der Waals surface area contributed by atoms with Crippen molar-refractivity contribution in [3.8, 4) is 40.1 Å². The number of hydrogen-bond acceptors (Lipinski definition) is 12. The number of hydrogen-bond donors (Lipinski definition) is 6. The number of fused-ring (bicyclic) bond motifs is 1. The smallest absolute Gasteiger partial charge is 0.303 e. The molecule has 1 aliphatic rings. The van der Waals surface area contributed by atoms with E-state index in [0.717, 1.165) is 31.2 Å². The van der Waals surface area contributed by atoms with Crippen LogP contribution in [0.4, 0.5) is 0 Å². The molecule has 12 heteroatoms. The maximum absolute atomic E-state index is 13.3. The summed E-state index contributed by atoms with van der Waals surface area (Å²) in [5, 5.41) is 59.3. The summed E-state index contributed by atoms with van der Waals surface area (Å²) in [7, 11) is 0. The molecule has 0 bridgehead atoms. The highest BCUT2D eigenvalue weighted by molar-refractivity contribution is 5.88. The Hall–Kier alpha value is -4.00. The molecule has 0 radical (unpaired) electrons. The Morgan fingerprint density at radius 1 is 1.06 bits per heavy atom. The third kappa shape index (κ3) is 4.05. The van der Waals surface area contributed by atoms with Crippen molar-refractivity contribution in [3.63, 3.8) is 0 Å². The van der Waals surface area contributed by atoms with Crippen LogP contribution in [0.2, 0.25) is 0 Å². The Labute approximate surface area is 190 Å². The van der Waals surface area contributed by atoms with Crippen molar-refractivity contribution in [1.29, 1.82) is 0 Å². The van der Waals surface area contributed by atoms with E-state index in [2.05, 4.69) is 0 Å². The number of ether oxygens (including phenoxy) is 3. The van der Waals surface area contributed by atoms with Crippen LogP contribution >= 0.6 is 0 Å². The lowest BCUT2D eigenvalue weighted by molar-refractivity contribution is -0.153. The second-order valence-corrected chi connectivity index (χ2v) is 7.54. The highest BCUT2D eigenvalue weighted by atomic mass is 16.7. The molecule has 34 heavy (non-hydrogen) atoms. The van der Waals surface area contributed by atoms with Gasteiger partial charge in [0.15, 0.2) is 29.5 Å².